The van der Waals surface area contributed by atoms with Crippen molar-refractivity contribution in [3.63, 3.8) is 0 Å². The Labute approximate surface area is 132 Å². The SMILES string of the molecule is CC1CCC(OC[B-](F)(F)F)CC1C.[K+]. The van der Waals surface area contributed by atoms with E-state index in [0.29, 0.717) is 11.8 Å². The van der Waals surface area contributed by atoms with E-state index in [2.05, 4.69) is 13.8 Å². The van der Waals surface area contributed by atoms with Gasteiger partial charge < -0.3 is 17.7 Å². The van der Waals surface area contributed by atoms with Crippen LogP contribution in [0, 0.1) is 11.8 Å². The standard InChI is InChI=1S/C9H17BF3O.K/c1-7-3-4-9(5-8(7)2)14-6-10(11,12)13;/h7-9H,3-6H2,1-2H3;/q-1;+1. The summed E-state index contributed by atoms with van der Waals surface area (Å²) < 4.78 is 40.6. The van der Waals surface area contributed by atoms with Crippen LogP contribution < -0.4 is 51.4 Å². The van der Waals surface area contributed by atoms with Gasteiger partial charge in [-0.3, -0.25) is 0 Å². The first-order valence-electron chi connectivity index (χ1n) is 5.21. The maximum Gasteiger partial charge on any atom is 1.00 e. The molecule has 0 aromatic carbocycles. The summed E-state index contributed by atoms with van der Waals surface area (Å²) in [6.45, 7) is -1.59. The first kappa shape index (κ1) is 16.5. The molecule has 1 nitrogen and oxygen atoms in total. The summed E-state index contributed by atoms with van der Waals surface area (Å²) in [5.41, 5.74) is 0. The largest absolute Gasteiger partial charge is 1.00 e. The van der Waals surface area contributed by atoms with Crippen LogP contribution in [0.15, 0.2) is 0 Å². The normalized spacial score (nSPS) is 32.2. The number of hydrogen-bond acceptors (Lipinski definition) is 1. The fourth-order valence-electron chi connectivity index (χ4n) is 1.89. The molecular weight excluding hydrogens is 231 g/mol. The molecule has 84 valence electrons. The van der Waals surface area contributed by atoms with Crippen molar-refractivity contribution >= 4 is 6.98 Å². The van der Waals surface area contributed by atoms with Crippen LogP contribution in [-0.2, 0) is 4.74 Å². The van der Waals surface area contributed by atoms with Gasteiger partial charge in [-0.15, -0.1) is 0 Å². The Morgan fingerprint density at radius 2 is 1.73 bits per heavy atom. The summed E-state index contributed by atoms with van der Waals surface area (Å²) in [5, 5.41) is 0. The number of hydrogen-bond donors (Lipinski definition) is 0. The van der Waals surface area contributed by atoms with Gasteiger partial charge in [0.1, 0.15) is 0 Å². The van der Waals surface area contributed by atoms with Gasteiger partial charge in [-0.2, -0.15) is 0 Å². The third-order valence-electron chi connectivity index (χ3n) is 3.07. The third kappa shape index (κ3) is 6.68. The molecule has 0 aliphatic heterocycles. The van der Waals surface area contributed by atoms with E-state index < -0.39 is 13.5 Å². The smallest absolute Gasteiger partial charge is 0.447 e. The zero-order chi connectivity index (χ0) is 10.8. The van der Waals surface area contributed by atoms with E-state index >= 15 is 0 Å². The van der Waals surface area contributed by atoms with Gasteiger partial charge in [0.25, 0.3) is 0 Å². The molecule has 0 saturated heterocycles. The Hall–Kier alpha value is 1.45. The van der Waals surface area contributed by atoms with Crippen molar-refractivity contribution in [2.45, 2.75) is 39.2 Å². The maximum absolute atomic E-state index is 11.9. The van der Waals surface area contributed by atoms with Crippen molar-refractivity contribution < 1.29 is 69.1 Å². The molecule has 3 unspecified atom stereocenters. The summed E-state index contributed by atoms with van der Waals surface area (Å²) in [4.78, 5) is 0. The Kier molecular flexibility index (Phi) is 7.69. The average molecular weight is 248 g/mol. The minimum absolute atomic E-state index is 0. The molecule has 0 radical (unpaired) electrons. The number of halogens is 3. The van der Waals surface area contributed by atoms with Crippen LogP contribution in [0.3, 0.4) is 0 Å². The molecule has 1 aliphatic rings. The summed E-state index contributed by atoms with van der Waals surface area (Å²) in [6, 6.07) is 0. The molecule has 0 N–H and O–H groups in total. The molecule has 0 amide bonds. The van der Waals surface area contributed by atoms with Crippen LogP contribution >= 0.6 is 0 Å². The predicted molar refractivity (Wildman–Crippen MR) is 51.0 cm³/mol. The van der Waals surface area contributed by atoms with Crippen LogP contribution in [-0.4, -0.2) is 19.6 Å². The van der Waals surface area contributed by atoms with Crippen LogP contribution in [0.25, 0.3) is 0 Å². The third-order valence-corrected chi connectivity index (χ3v) is 3.07. The van der Waals surface area contributed by atoms with Gasteiger partial charge in [-0.1, -0.05) is 13.8 Å². The minimum Gasteiger partial charge on any atom is -0.447 e. The number of ether oxygens (including phenoxy) is 1. The van der Waals surface area contributed by atoms with Gasteiger partial charge in [-0.05, 0) is 31.1 Å². The molecule has 0 aromatic heterocycles. The molecule has 1 fully saturated rings. The van der Waals surface area contributed by atoms with Crippen molar-refractivity contribution in [1.29, 1.82) is 0 Å². The van der Waals surface area contributed by atoms with Gasteiger partial charge >= 0.3 is 58.4 Å². The molecule has 1 aliphatic carbocycles. The summed E-state index contributed by atoms with van der Waals surface area (Å²) >= 11 is 0. The first-order chi connectivity index (χ1) is 6.38. The average Bonchev–Trinajstić information content (AvgIpc) is 2.06. The van der Waals surface area contributed by atoms with E-state index in [1.807, 2.05) is 0 Å². The van der Waals surface area contributed by atoms with Crippen molar-refractivity contribution in [3.8, 4) is 0 Å². The summed E-state index contributed by atoms with van der Waals surface area (Å²) in [7, 11) is 0. The van der Waals surface area contributed by atoms with Gasteiger partial charge in [0.15, 0.2) is 0 Å². The predicted octanol–water partition coefficient (Wildman–Crippen LogP) is 0.218. The second kappa shape index (κ2) is 7.01. The molecule has 1 rings (SSSR count). The maximum atomic E-state index is 11.9. The van der Waals surface area contributed by atoms with E-state index in [-0.39, 0.29) is 57.5 Å². The van der Waals surface area contributed by atoms with E-state index in [4.69, 9.17) is 4.74 Å². The second-order valence-corrected chi connectivity index (χ2v) is 4.43. The van der Waals surface area contributed by atoms with E-state index in [0.717, 1.165) is 19.3 Å². The Bertz CT molecular complexity index is 189. The van der Waals surface area contributed by atoms with Crippen molar-refractivity contribution in [2.75, 3.05) is 6.51 Å². The molecule has 15 heavy (non-hydrogen) atoms. The molecule has 0 aromatic rings. The van der Waals surface area contributed by atoms with Crippen LogP contribution in [0.5, 0.6) is 0 Å². The van der Waals surface area contributed by atoms with Crippen molar-refractivity contribution in [3.05, 3.63) is 0 Å². The minimum atomic E-state index is -4.78. The van der Waals surface area contributed by atoms with Crippen molar-refractivity contribution in [2.24, 2.45) is 11.8 Å². The fourth-order valence-corrected chi connectivity index (χ4v) is 1.89. The molecule has 0 bridgehead atoms. The van der Waals surface area contributed by atoms with Crippen molar-refractivity contribution in [1.82, 2.24) is 0 Å². The Morgan fingerprint density at radius 3 is 2.20 bits per heavy atom. The van der Waals surface area contributed by atoms with Gasteiger partial charge in [0.2, 0.25) is 0 Å². The van der Waals surface area contributed by atoms with Crippen LogP contribution in [0.2, 0.25) is 0 Å². The van der Waals surface area contributed by atoms with E-state index in [1.165, 1.54) is 0 Å². The van der Waals surface area contributed by atoms with Crippen LogP contribution in [0.1, 0.15) is 33.1 Å². The second-order valence-electron chi connectivity index (χ2n) is 4.43. The molecule has 1 saturated carbocycles. The summed E-state index contributed by atoms with van der Waals surface area (Å²) in [6.07, 6.45) is 2.35. The van der Waals surface area contributed by atoms with E-state index in [1.54, 1.807) is 0 Å². The topological polar surface area (TPSA) is 9.23 Å². The van der Waals surface area contributed by atoms with E-state index in [9.17, 15) is 12.9 Å². The Morgan fingerprint density at radius 1 is 1.13 bits per heavy atom. The zero-order valence-electron chi connectivity index (χ0n) is 9.68. The molecule has 3 atom stereocenters. The van der Waals surface area contributed by atoms with Gasteiger partial charge in [0.05, 0.1) is 6.10 Å². The number of rotatable bonds is 3. The quantitative estimate of drug-likeness (QED) is 0.649. The summed E-state index contributed by atoms with van der Waals surface area (Å²) in [5.74, 6) is 1.10. The fraction of sp³-hybridized carbons (Fsp3) is 1.00. The van der Waals surface area contributed by atoms with Crippen LogP contribution in [0.4, 0.5) is 12.9 Å². The van der Waals surface area contributed by atoms with Gasteiger partial charge in [0, 0.05) is 6.51 Å². The molecular formula is C9H17BF3KO. The Balaban J connectivity index is 0.00000196. The molecule has 0 heterocycles. The zero-order valence-corrected chi connectivity index (χ0v) is 12.8. The first-order valence-corrected chi connectivity index (χ1v) is 5.21. The monoisotopic (exact) mass is 248 g/mol. The molecule has 6 heteroatoms. The molecule has 0 spiro atoms. The van der Waals surface area contributed by atoms with Gasteiger partial charge in [-0.25, -0.2) is 0 Å².